The maximum atomic E-state index is 12.1. The minimum atomic E-state index is -0.316. The fraction of sp³-hybridized carbons (Fsp3) is 0.308. The van der Waals surface area contributed by atoms with E-state index < -0.39 is 0 Å². The van der Waals surface area contributed by atoms with Gasteiger partial charge >= 0.3 is 0 Å². The number of imidazole rings is 1. The molecule has 96 valence electrons. The van der Waals surface area contributed by atoms with Gasteiger partial charge in [0.25, 0.3) is 0 Å². The number of nitrogens with zero attached hydrogens (tertiary/aromatic N) is 4. The number of nitrogen functional groups attached to an aromatic ring is 1. The fourth-order valence-corrected chi connectivity index (χ4v) is 2.55. The highest BCUT2D eigenvalue weighted by molar-refractivity contribution is 5.87. The van der Waals surface area contributed by atoms with Gasteiger partial charge in [0.05, 0.1) is 22.7 Å². The molecule has 1 atom stereocenters. The molecule has 1 aromatic heterocycles. The van der Waals surface area contributed by atoms with Crippen molar-refractivity contribution in [3.63, 3.8) is 0 Å². The molecule has 6 nitrogen and oxygen atoms in total. The highest BCUT2D eigenvalue weighted by Gasteiger charge is 2.32. The Hall–Kier alpha value is -2.55. The lowest BCUT2D eigenvalue weighted by Crippen LogP contribution is -2.25. The molecule has 2 heterocycles. The van der Waals surface area contributed by atoms with Crippen LogP contribution in [0.1, 0.15) is 18.0 Å². The first-order valence-corrected chi connectivity index (χ1v) is 6.04. The number of rotatable bonds is 1. The van der Waals surface area contributed by atoms with Crippen molar-refractivity contribution in [3.8, 4) is 6.07 Å². The Morgan fingerprint density at radius 2 is 2.32 bits per heavy atom. The third-order valence-electron chi connectivity index (χ3n) is 3.56. The van der Waals surface area contributed by atoms with Crippen LogP contribution in [-0.4, -0.2) is 34.0 Å². The van der Waals surface area contributed by atoms with Gasteiger partial charge in [-0.05, 0) is 24.6 Å². The summed E-state index contributed by atoms with van der Waals surface area (Å²) in [7, 11) is 1.78. The molecule has 1 unspecified atom stereocenters. The van der Waals surface area contributed by atoms with E-state index in [4.69, 9.17) is 11.0 Å². The number of aromatic nitrogens is 2. The number of benzene rings is 1. The normalized spacial score (nSPS) is 19.1. The number of hydrogen-bond acceptors (Lipinski definition) is 4. The molecule has 0 saturated carbocycles. The largest absolute Gasteiger partial charge is 0.369 e. The summed E-state index contributed by atoms with van der Waals surface area (Å²) in [4.78, 5) is 18.0. The molecule has 0 radical (unpaired) electrons. The average molecular weight is 255 g/mol. The highest BCUT2D eigenvalue weighted by Crippen LogP contribution is 2.30. The van der Waals surface area contributed by atoms with Gasteiger partial charge in [0.1, 0.15) is 6.04 Å². The molecule has 1 aromatic carbocycles. The predicted molar refractivity (Wildman–Crippen MR) is 70.2 cm³/mol. The van der Waals surface area contributed by atoms with Crippen molar-refractivity contribution in [3.05, 3.63) is 23.8 Å². The van der Waals surface area contributed by atoms with E-state index in [0.717, 1.165) is 5.52 Å². The minimum absolute atomic E-state index is 0.0355. The van der Waals surface area contributed by atoms with Crippen molar-refractivity contribution >= 4 is 22.9 Å². The topological polar surface area (TPSA) is 87.9 Å². The fourth-order valence-electron chi connectivity index (χ4n) is 2.55. The van der Waals surface area contributed by atoms with E-state index in [2.05, 4.69) is 11.1 Å². The molecule has 6 heteroatoms. The summed E-state index contributed by atoms with van der Waals surface area (Å²) in [6.45, 7) is 0.709. The van der Waals surface area contributed by atoms with E-state index in [1.165, 1.54) is 0 Å². The lowest BCUT2D eigenvalue weighted by atomic mass is 10.2. The van der Waals surface area contributed by atoms with E-state index >= 15 is 0 Å². The molecule has 0 aliphatic carbocycles. The zero-order valence-corrected chi connectivity index (χ0v) is 10.5. The van der Waals surface area contributed by atoms with Crippen molar-refractivity contribution in [1.82, 2.24) is 14.5 Å². The smallest absolute Gasteiger partial charge is 0.245 e. The number of fused-ring (bicyclic) bond motifs is 1. The highest BCUT2D eigenvalue weighted by atomic mass is 16.2. The number of anilines is 1. The maximum Gasteiger partial charge on any atom is 0.245 e. The Balaban J connectivity index is 2.20. The van der Waals surface area contributed by atoms with Crippen molar-refractivity contribution in [2.24, 2.45) is 0 Å². The molecule has 2 aromatic rings. The van der Waals surface area contributed by atoms with Crippen molar-refractivity contribution in [1.29, 1.82) is 5.26 Å². The Kier molecular flexibility index (Phi) is 2.42. The summed E-state index contributed by atoms with van der Waals surface area (Å²) in [6, 6.07) is 6.95. The summed E-state index contributed by atoms with van der Waals surface area (Å²) in [5, 5.41) is 8.97. The van der Waals surface area contributed by atoms with Crippen molar-refractivity contribution in [2.45, 2.75) is 12.5 Å². The van der Waals surface area contributed by atoms with Crippen LogP contribution >= 0.6 is 0 Å². The first-order valence-electron chi connectivity index (χ1n) is 6.04. The van der Waals surface area contributed by atoms with Gasteiger partial charge in [-0.25, -0.2) is 4.98 Å². The molecule has 1 fully saturated rings. The first kappa shape index (κ1) is 11.5. The lowest BCUT2D eigenvalue weighted by molar-refractivity contribution is -0.129. The van der Waals surface area contributed by atoms with Crippen LogP contribution in [0, 0.1) is 11.3 Å². The third-order valence-corrected chi connectivity index (χ3v) is 3.56. The number of nitriles is 1. The van der Waals surface area contributed by atoms with Crippen LogP contribution in [0.2, 0.25) is 0 Å². The first-order chi connectivity index (χ1) is 9.11. The predicted octanol–water partition coefficient (Wildman–Crippen LogP) is 0.893. The number of amides is 1. The molecule has 0 spiro atoms. The van der Waals surface area contributed by atoms with Gasteiger partial charge in [-0.3, -0.25) is 9.36 Å². The number of hydrogen-bond donors (Lipinski definition) is 1. The van der Waals surface area contributed by atoms with Crippen LogP contribution < -0.4 is 5.73 Å². The number of likely N-dealkylation sites (N-methyl/N-ethyl adjacent to an activating group) is 1. The summed E-state index contributed by atoms with van der Waals surface area (Å²) >= 11 is 0. The summed E-state index contributed by atoms with van der Waals surface area (Å²) in [6.07, 6.45) is 0.710. The Labute approximate surface area is 110 Å². The van der Waals surface area contributed by atoms with Gasteiger partial charge in [0.2, 0.25) is 11.9 Å². The molecule has 19 heavy (non-hydrogen) atoms. The molecule has 1 aliphatic heterocycles. The van der Waals surface area contributed by atoms with Gasteiger partial charge in [-0.2, -0.15) is 5.26 Å². The third kappa shape index (κ3) is 1.63. The van der Waals surface area contributed by atoms with E-state index in [1.807, 2.05) is 0 Å². The molecule has 3 rings (SSSR count). The monoisotopic (exact) mass is 255 g/mol. The van der Waals surface area contributed by atoms with Crippen LogP contribution in [0.4, 0.5) is 5.95 Å². The SMILES string of the molecule is CN1CCC(n2c(N)nc3ccc(C#N)cc32)C1=O. The number of carbonyl (C=O) groups excluding carboxylic acids is 1. The summed E-state index contributed by atoms with van der Waals surface area (Å²) in [5.74, 6) is 0.354. The number of likely N-dealkylation sites (tertiary alicyclic amines) is 1. The maximum absolute atomic E-state index is 12.1. The lowest BCUT2D eigenvalue weighted by Gasteiger charge is -2.14. The van der Waals surface area contributed by atoms with E-state index in [9.17, 15) is 4.79 Å². The second-order valence-corrected chi connectivity index (χ2v) is 4.72. The zero-order valence-electron chi connectivity index (χ0n) is 10.5. The van der Waals surface area contributed by atoms with Gasteiger partial charge in [-0.1, -0.05) is 0 Å². The van der Waals surface area contributed by atoms with E-state index in [-0.39, 0.29) is 11.9 Å². The standard InChI is InChI=1S/C13H13N5O/c1-17-5-4-10(12(17)19)18-11-6-8(7-14)2-3-9(11)16-13(18)15/h2-3,6,10H,4-5H2,1H3,(H2,15,16). The van der Waals surface area contributed by atoms with E-state index in [1.54, 1.807) is 34.7 Å². The van der Waals surface area contributed by atoms with Crippen molar-refractivity contribution in [2.75, 3.05) is 19.3 Å². The zero-order chi connectivity index (χ0) is 13.6. The molecule has 0 bridgehead atoms. The van der Waals surface area contributed by atoms with Gasteiger partial charge in [0.15, 0.2) is 0 Å². The van der Waals surface area contributed by atoms with Crippen LogP contribution in [0.5, 0.6) is 0 Å². The average Bonchev–Trinajstić information content (AvgIpc) is 2.89. The quantitative estimate of drug-likeness (QED) is 0.819. The number of nitrogens with two attached hydrogens (primary N) is 1. The second kappa shape index (κ2) is 3.99. The van der Waals surface area contributed by atoms with Crippen LogP contribution in [0.15, 0.2) is 18.2 Å². The van der Waals surface area contributed by atoms with Crippen molar-refractivity contribution < 1.29 is 4.79 Å². The molecule has 2 N–H and O–H groups in total. The Morgan fingerprint density at radius 3 is 2.95 bits per heavy atom. The van der Waals surface area contributed by atoms with Crippen LogP contribution in [-0.2, 0) is 4.79 Å². The Morgan fingerprint density at radius 1 is 1.53 bits per heavy atom. The molecular formula is C13H13N5O. The van der Waals surface area contributed by atoms with Crippen LogP contribution in [0.25, 0.3) is 11.0 Å². The summed E-state index contributed by atoms with van der Waals surface area (Å²) in [5.41, 5.74) is 7.91. The van der Waals surface area contributed by atoms with Crippen LogP contribution in [0.3, 0.4) is 0 Å². The number of carbonyl (C=O) groups is 1. The summed E-state index contributed by atoms with van der Waals surface area (Å²) < 4.78 is 1.74. The Bertz CT molecular complexity index is 712. The molecule has 1 amide bonds. The molecular weight excluding hydrogens is 242 g/mol. The minimum Gasteiger partial charge on any atom is -0.369 e. The molecule has 1 saturated heterocycles. The van der Waals surface area contributed by atoms with Gasteiger partial charge in [-0.15, -0.1) is 0 Å². The second-order valence-electron chi connectivity index (χ2n) is 4.72. The molecule has 1 aliphatic rings. The van der Waals surface area contributed by atoms with Gasteiger partial charge in [0, 0.05) is 13.6 Å². The van der Waals surface area contributed by atoms with E-state index in [0.29, 0.717) is 30.0 Å². The van der Waals surface area contributed by atoms with Gasteiger partial charge < -0.3 is 10.6 Å².